The highest BCUT2D eigenvalue weighted by Gasteiger charge is 2.23. The van der Waals surface area contributed by atoms with Crippen LogP contribution in [0.2, 0.25) is 0 Å². The van der Waals surface area contributed by atoms with Crippen molar-refractivity contribution in [2.75, 3.05) is 7.11 Å². The monoisotopic (exact) mass is 462 g/mol. The maximum atomic E-state index is 12.6. The minimum Gasteiger partial charge on any atom is -0.496 e. The van der Waals surface area contributed by atoms with Gasteiger partial charge in [-0.15, -0.1) is 0 Å². The number of amides is 1. The molecule has 0 saturated heterocycles. The molecular weight excluding hydrogens is 436 g/mol. The number of nitrogens with one attached hydrogen (secondary N) is 2. The number of ether oxygens (including phenoxy) is 1. The summed E-state index contributed by atoms with van der Waals surface area (Å²) in [4.78, 5) is 40.2. The highest BCUT2D eigenvalue weighted by molar-refractivity contribution is 5.88. The highest BCUT2D eigenvalue weighted by Crippen LogP contribution is 2.29. The normalized spacial score (nSPS) is 12.1. The van der Waals surface area contributed by atoms with Gasteiger partial charge < -0.3 is 24.6 Å². The lowest BCUT2D eigenvalue weighted by Crippen LogP contribution is -2.42. The topological polar surface area (TPSA) is 122 Å². The standard InChI is InChI=1S/C26H26N2O6/c1-14-17-8-10-22(33-3)15(2)24(17)34-26(32)18(14)9-11-23(29)28-21(25(30)31)12-16-13-27-20-7-5-4-6-19(16)20/h4-8,10,13,21,27H,9,11-12H2,1-3H3,(H,28,29)(H,30,31)/t21-/m1/s1. The SMILES string of the molecule is COc1ccc2c(C)c(CCC(=O)N[C@H](Cc3c[nH]c4ccccc34)C(=O)O)c(=O)oc2c1C. The van der Waals surface area contributed by atoms with Gasteiger partial charge in [0, 0.05) is 46.5 Å². The van der Waals surface area contributed by atoms with Gasteiger partial charge in [-0.05, 0) is 49.6 Å². The molecule has 0 unspecified atom stereocenters. The van der Waals surface area contributed by atoms with Crippen molar-refractivity contribution in [1.82, 2.24) is 10.3 Å². The molecule has 1 amide bonds. The maximum Gasteiger partial charge on any atom is 0.339 e. The number of methoxy groups -OCH3 is 1. The summed E-state index contributed by atoms with van der Waals surface area (Å²) in [7, 11) is 1.55. The van der Waals surface area contributed by atoms with Crippen LogP contribution in [0.3, 0.4) is 0 Å². The molecule has 0 saturated carbocycles. The van der Waals surface area contributed by atoms with E-state index in [4.69, 9.17) is 9.15 Å². The largest absolute Gasteiger partial charge is 0.496 e. The summed E-state index contributed by atoms with van der Waals surface area (Å²) < 4.78 is 10.8. The van der Waals surface area contributed by atoms with Crippen LogP contribution in [0.4, 0.5) is 0 Å². The molecule has 34 heavy (non-hydrogen) atoms. The second-order valence-corrected chi connectivity index (χ2v) is 8.28. The van der Waals surface area contributed by atoms with E-state index in [1.165, 1.54) is 0 Å². The van der Waals surface area contributed by atoms with Crippen LogP contribution in [0.1, 0.15) is 28.7 Å². The second kappa shape index (κ2) is 9.43. The van der Waals surface area contributed by atoms with Gasteiger partial charge in [0.1, 0.15) is 17.4 Å². The molecule has 0 aliphatic carbocycles. The molecular formula is C26H26N2O6. The van der Waals surface area contributed by atoms with Gasteiger partial charge in [-0.2, -0.15) is 0 Å². The Morgan fingerprint density at radius 2 is 1.88 bits per heavy atom. The first-order valence-corrected chi connectivity index (χ1v) is 11.0. The zero-order valence-electron chi connectivity index (χ0n) is 19.2. The van der Waals surface area contributed by atoms with Crippen molar-refractivity contribution in [3.63, 3.8) is 0 Å². The molecule has 2 aromatic carbocycles. The van der Waals surface area contributed by atoms with Crippen molar-refractivity contribution in [3.05, 3.63) is 75.3 Å². The van der Waals surface area contributed by atoms with E-state index in [1.807, 2.05) is 50.2 Å². The predicted molar refractivity (Wildman–Crippen MR) is 128 cm³/mol. The molecule has 2 aromatic heterocycles. The van der Waals surface area contributed by atoms with Gasteiger partial charge in [-0.1, -0.05) is 18.2 Å². The second-order valence-electron chi connectivity index (χ2n) is 8.28. The van der Waals surface area contributed by atoms with Crippen LogP contribution >= 0.6 is 0 Å². The average Bonchev–Trinajstić information content (AvgIpc) is 3.22. The average molecular weight is 463 g/mol. The highest BCUT2D eigenvalue weighted by atomic mass is 16.5. The van der Waals surface area contributed by atoms with Crippen LogP contribution in [0.5, 0.6) is 5.75 Å². The fourth-order valence-electron chi connectivity index (χ4n) is 4.31. The Morgan fingerprint density at radius 3 is 2.62 bits per heavy atom. The van der Waals surface area contributed by atoms with Gasteiger partial charge in [0.15, 0.2) is 0 Å². The van der Waals surface area contributed by atoms with Gasteiger partial charge in [0.2, 0.25) is 5.91 Å². The van der Waals surface area contributed by atoms with Crippen LogP contribution in [0, 0.1) is 13.8 Å². The van der Waals surface area contributed by atoms with Crippen LogP contribution < -0.4 is 15.7 Å². The van der Waals surface area contributed by atoms with Crippen molar-refractivity contribution in [2.45, 2.75) is 39.2 Å². The van der Waals surface area contributed by atoms with Gasteiger partial charge in [0.05, 0.1) is 7.11 Å². The summed E-state index contributed by atoms with van der Waals surface area (Å²) >= 11 is 0. The third-order valence-electron chi connectivity index (χ3n) is 6.21. The Kier molecular flexibility index (Phi) is 6.40. The van der Waals surface area contributed by atoms with E-state index in [0.717, 1.165) is 33.0 Å². The lowest BCUT2D eigenvalue weighted by Gasteiger charge is -2.15. The van der Waals surface area contributed by atoms with Crippen molar-refractivity contribution in [3.8, 4) is 5.75 Å². The number of carbonyl (C=O) groups is 2. The van der Waals surface area contributed by atoms with E-state index in [2.05, 4.69) is 10.3 Å². The molecule has 0 aliphatic heterocycles. The quantitative estimate of drug-likeness (QED) is 0.344. The summed E-state index contributed by atoms with van der Waals surface area (Å²) in [6.07, 6.45) is 2.00. The van der Waals surface area contributed by atoms with Gasteiger partial charge in [-0.25, -0.2) is 9.59 Å². The van der Waals surface area contributed by atoms with Crippen molar-refractivity contribution in [2.24, 2.45) is 0 Å². The van der Waals surface area contributed by atoms with Gasteiger partial charge in [-0.3, -0.25) is 4.79 Å². The maximum absolute atomic E-state index is 12.6. The Bertz CT molecular complexity index is 1450. The third kappa shape index (κ3) is 4.39. The summed E-state index contributed by atoms with van der Waals surface area (Å²) in [5, 5.41) is 13.9. The number of aryl methyl sites for hydroxylation is 2. The van der Waals surface area contributed by atoms with Crippen molar-refractivity contribution in [1.29, 1.82) is 0 Å². The van der Waals surface area contributed by atoms with Gasteiger partial charge in [0.25, 0.3) is 0 Å². The van der Waals surface area contributed by atoms with Gasteiger partial charge >= 0.3 is 11.6 Å². The summed E-state index contributed by atoms with van der Waals surface area (Å²) in [6, 6.07) is 10.1. The fraction of sp³-hybridized carbons (Fsp3) is 0.269. The first kappa shape index (κ1) is 23.1. The number of aromatic nitrogens is 1. The minimum absolute atomic E-state index is 0.0378. The molecule has 0 fully saturated rings. The molecule has 8 heteroatoms. The number of para-hydroxylation sites is 1. The molecule has 3 N–H and O–H groups in total. The van der Waals surface area contributed by atoms with Crippen LogP contribution in [-0.2, 0) is 22.4 Å². The number of aromatic amines is 1. The Hall–Kier alpha value is -4.07. The van der Waals surface area contributed by atoms with Crippen molar-refractivity contribution < 1.29 is 23.8 Å². The number of fused-ring (bicyclic) bond motifs is 2. The van der Waals surface area contributed by atoms with Crippen LogP contribution in [0.15, 0.2) is 51.8 Å². The summed E-state index contributed by atoms with van der Waals surface area (Å²) in [6.45, 7) is 3.63. The van der Waals surface area contributed by atoms with E-state index in [-0.39, 0.29) is 19.3 Å². The Morgan fingerprint density at radius 1 is 1.12 bits per heavy atom. The molecule has 0 bridgehead atoms. The number of carboxylic acid groups (broad SMARTS) is 1. The Balaban J connectivity index is 1.49. The van der Waals surface area contributed by atoms with E-state index in [9.17, 15) is 19.5 Å². The van der Waals surface area contributed by atoms with E-state index in [1.54, 1.807) is 13.3 Å². The first-order chi connectivity index (χ1) is 16.3. The zero-order chi connectivity index (χ0) is 24.4. The summed E-state index contributed by atoms with van der Waals surface area (Å²) in [5.41, 5.74) is 3.52. The van der Waals surface area contributed by atoms with E-state index >= 15 is 0 Å². The molecule has 0 spiro atoms. The lowest BCUT2D eigenvalue weighted by molar-refractivity contribution is -0.141. The number of hydrogen-bond acceptors (Lipinski definition) is 5. The molecule has 8 nitrogen and oxygen atoms in total. The molecule has 0 aliphatic rings. The zero-order valence-corrected chi connectivity index (χ0v) is 19.2. The van der Waals surface area contributed by atoms with Crippen molar-refractivity contribution >= 4 is 33.7 Å². The molecule has 4 aromatic rings. The number of carboxylic acids is 1. The molecule has 0 radical (unpaired) electrons. The number of H-pyrrole nitrogens is 1. The molecule has 1 atom stereocenters. The van der Waals surface area contributed by atoms with Crippen LogP contribution in [0.25, 0.3) is 21.9 Å². The third-order valence-corrected chi connectivity index (χ3v) is 6.21. The number of carbonyl (C=O) groups excluding carboxylic acids is 1. The fourth-order valence-corrected chi connectivity index (χ4v) is 4.31. The molecule has 176 valence electrons. The smallest absolute Gasteiger partial charge is 0.339 e. The lowest BCUT2D eigenvalue weighted by atomic mass is 10.00. The number of rotatable bonds is 8. The van der Waals surface area contributed by atoms with Crippen LogP contribution in [-0.4, -0.2) is 35.1 Å². The first-order valence-electron chi connectivity index (χ1n) is 11.0. The van der Waals surface area contributed by atoms with E-state index < -0.39 is 23.5 Å². The number of hydrogen-bond donors (Lipinski definition) is 3. The Labute approximate surface area is 195 Å². The number of benzene rings is 2. The van der Waals surface area contributed by atoms with E-state index in [0.29, 0.717) is 16.9 Å². The summed E-state index contributed by atoms with van der Waals surface area (Å²) in [5.74, 6) is -0.946. The predicted octanol–water partition coefficient (Wildman–Crippen LogP) is 3.64. The molecule has 4 rings (SSSR count). The minimum atomic E-state index is -1.12. The molecule has 2 heterocycles. The number of aliphatic carboxylic acids is 1.